The lowest BCUT2D eigenvalue weighted by Crippen LogP contribution is -2.32. The van der Waals surface area contributed by atoms with Crippen molar-refractivity contribution in [3.05, 3.63) is 88.4 Å². The van der Waals surface area contributed by atoms with E-state index in [4.69, 9.17) is 21.1 Å². The van der Waals surface area contributed by atoms with E-state index in [0.717, 1.165) is 11.6 Å². The molecule has 0 atom stereocenters. The highest BCUT2D eigenvalue weighted by Crippen LogP contribution is 2.29. The smallest absolute Gasteiger partial charge is 0.329 e. The lowest BCUT2D eigenvalue weighted by atomic mass is 10.1. The van der Waals surface area contributed by atoms with E-state index in [2.05, 4.69) is 15.8 Å². The number of benzene rings is 3. The van der Waals surface area contributed by atoms with Gasteiger partial charge in [0.25, 0.3) is 0 Å². The molecular formula is C24H20ClF2N3O4. The Morgan fingerprint density at radius 1 is 0.971 bits per heavy atom. The number of anilines is 1. The molecular weight excluding hydrogens is 468 g/mol. The number of amides is 2. The van der Waals surface area contributed by atoms with Crippen LogP contribution in [0.3, 0.4) is 0 Å². The van der Waals surface area contributed by atoms with Gasteiger partial charge in [0, 0.05) is 11.3 Å². The zero-order valence-corrected chi connectivity index (χ0v) is 19.0. The van der Waals surface area contributed by atoms with Crippen LogP contribution in [0.5, 0.6) is 11.5 Å². The molecule has 3 aromatic rings. The van der Waals surface area contributed by atoms with Crippen LogP contribution in [0.2, 0.25) is 5.02 Å². The maximum absolute atomic E-state index is 13.2. The van der Waals surface area contributed by atoms with E-state index in [1.807, 2.05) is 0 Å². The third-order valence-electron chi connectivity index (χ3n) is 4.60. The van der Waals surface area contributed by atoms with Gasteiger partial charge >= 0.3 is 11.8 Å². The molecule has 0 unspecified atom stereocenters. The molecule has 0 bridgehead atoms. The van der Waals surface area contributed by atoms with Crippen molar-refractivity contribution in [1.82, 2.24) is 5.43 Å². The summed E-state index contributed by atoms with van der Waals surface area (Å²) >= 11 is 5.66. The Morgan fingerprint density at radius 3 is 2.38 bits per heavy atom. The maximum atomic E-state index is 13.2. The van der Waals surface area contributed by atoms with Crippen molar-refractivity contribution in [3.8, 4) is 11.5 Å². The number of hydrogen-bond acceptors (Lipinski definition) is 5. The third-order valence-corrected chi connectivity index (χ3v) is 4.89. The number of nitrogens with zero attached hydrogens (tertiary/aromatic N) is 1. The Labute approximate surface area is 199 Å². The van der Waals surface area contributed by atoms with Crippen molar-refractivity contribution in [2.24, 2.45) is 5.10 Å². The van der Waals surface area contributed by atoms with Crippen molar-refractivity contribution in [2.45, 2.75) is 13.5 Å². The molecule has 34 heavy (non-hydrogen) atoms. The third kappa shape index (κ3) is 6.52. The molecule has 2 N–H and O–H groups in total. The van der Waals surface area contributed by atoms with Crippen molar-refractivity contribution >= 4 is 34.8 Å². The largest absolute Gasteiger partial charge is 0.493 e. The second-order valence-electron chi connectivity index (χ2n) is 7.00. The number of methoxy groups -OCH3 is 1. The van der Waals surface area contributed by atoms with Gasteiger partial charge in [-0.25, -0.2) is 14.2 Å². The highest BCUT2D eigenvalue weighted by atomic mass is 35.5. The average Bonchev–Trinajstić information content (AvgIpc) is 2.84. The first-order valence-corrected chi connectivity index (χ1v) is 10.3. The fourth-order valence-electron chi connectivity index (χ4n) is 2.77. The number of hydrogen-bond donors (Lipinski definition) is 2. The quantitative estimate of drug-likeness (QED) is 0.287. The first-order valence-electron chi connectivity index (χ1n) is 9.93. The minimum Gasteiger partial charge on any atom is -0.493 e. The molecule has 3 aromatic carbocycles. The number of hydrazone groups is 1. The summed E-state index contributed by atoms with van der Waals surface area (Å²) in [5, 5.41) is 6.05. The lowest BCUT2D eigenvalue weighted by Gasteiger charge is -2.12. The summed E-state index contributed by atoms with van der Waals surface area (Å²) in [4.78, 5) is 24.1. The van der Waals surface area contributed by atoms with Gasteiger partial charge in [0.1, 0.15) is 18.2 Å². The van der Waals surface area contributed by atoms with E-state index in [1.165, 1.54) is 31.4 Å². The molecule has 7 nitrogen and oxygen atoms in total. The van der Waals surface area contributed by atoms with Gasteiger partial charge < -0.3 is 14.8 Å². The SMILES string of the molecule is COc1cc(C(C)=NNC(=O)C(=O)Nc2ccc(F)c(Cl)c2)ccc1OCc1ccc(F)cc1. The fourth-order valence-corrected chi connectivity index (χ4v) is 2.95. The molecule has 0 saturated carbocycles. The Balaban J connectivity index is 1.62. The van der Waals surface area contributed by atoms with Gasteiger partial charge in [-0.3, -0.25) is 9.59 Å². The van der Waals surface area contributed by atoms with E-state index in [1.54, 1.807) is 37.3 Å². The van der Waals surface area contributed by atoms with Crippen LogP contribution in [0.1, 0.15) is 18.1 Å². The van der Waals surface area contributed by atoms with E-state index in [-0.39, 0.29) is 23.1 Å². The summed E-state index contributed by atoms with van der Waals surface area (Å²) in [5.74, 6) is -2.11. The molecule has 3 rings (SSSR count). The number of carbonyl (C=O) groups is 2. The predicted octanol–water partition coefficient (Wildman–Crippen LogP) is 4.68. The number of ether oxygens (including phenoxy) is 2. The number of carbonyl (C=O) groups excluding carboxylic acids is 2. The molecule has 0 radical (unpaired) electrons. The summed E-state index contributed by atoms with van der Waals surface area (Å²) < 4.78 is 37.4. The van der Waals surface area contributed by atoms with E-state index in [0.29, 0.717) is 22.8 Å². The van der Waals surface area contributed by atoms with E-state index < -0.39 is 17.6 Å². The minimum absolute atomic E-state index is 0.160. The van der Waals surface area contributed by atoms with Gasteiger partial charge in [0.2, 0.25) is 0 Å². The summed E-state index contributed by atoms with van der Waals surface area (Å²) in [6.07, 6.45) is 0. The lowest BCUT2D eigenvalue weighted by molar-refractivity contribution is -0.136. The predicted molar refractivity (Wildman–Crippen MR) is 124 cm³/mol. The Morgan fingerprint density at radius 2 is 1.71 bits per heavy atom. The number of rotatable bonds is 7. The summed E-state index contributed by atoms with van der Waals surface area (Å²) in [6, 6.07) is 14.5. The molecule has 0 heterocycles. The average molecular weight is 488 g/mol. The van der Waals surface area contributed by atoms with Crippen LogP contribution in [-0.4, -0.2) is 24.6 Å². The molecule has 0 aromatic heterocycles. The summed E-state index contributed by atoms with van der Waals surface area (Å²) in [6.45, 7) is 1.85. The Kier molecular flexibility index (Phi) is 8.15. The highest BCUT2D eigenvalue weighted by molar-refractivity contribution is 6.40. The molecule has 0 spiro atoms. The molecule has 2 amide bonds. The van der Waals surface area contributed by atoms with Gasteiger partial charge in [0.15, 0.2) is 11.5 Å². The van der Waals surface area contributed by atoms with Crippen LogP contribution in [-0.2, 0) is 16.2 Å². The molecule has 0 saturated heterocycles. The van der Waals surface area contributed by atoms with Crippen LogP contribution in [0.25, 0.3) is 0 Å². The van der Waals surface area contributed by atoms with Crippen LogP contribution in [0.4, 0.5) is 14.5 Å². The van der Waals surface area contributed by atoms with Crippen molar-refractivity contribution in [1.29, 1.82) is 0 Å². The second-order valence-corrected chi connectivity index (χ2v) is 7.41. The van der Waals surface area contributed by atoms with Gasteiger partial charge in [-0.05, 0) is 61.0 Å². The first kappa shape index (κ1) is 24.7. The highest BCUT2D eigenvalue weighted by Gasteiger charge is 2.15. The topological polar surface area (TPSA) is 89.0 Å². The molecule has 176 valence electrons. The first-order chi connectivity index (χ1) is 16.3. The van der Waals surface area contributed by atoms with E-state index >= 15 is 0 Å². The van der Waals surface area contributed by atoms with Crippen LogP contribution >= 0.6 is 11.6 Å². The van der Waals surface area contributed by atoms with Crippen LogP contribution < -0.4 is 20.2 Å². The molecule has 0 aliphatic carbocycles. The Bertz CT molecular complexity index is 1230. The standard InChI is InChI=1S/C24H20ClF2N3O4/c1-14(29-30-24(32)23(31)28-18-8-9-20(27)19(25)12-18)16-5-10-21(22(11-16)33-2)34-13-15-3-6-17(26)7-4-15/h3-12H,13H2,1-2H3,(H,28,31)(H,30,32). The zero-order chi connectivity index (χ0) is 24.7. The van der Waals surface area contributed by atoms with Crippen molar-refractivity contribution in [2.75, 3.05) is 12.4 Å². The van der Waals surface area contributed by atoms with Gasteiger partial charge in [-0.1, -0.05) is 23.7 Å². The fraction of sp³-hybridized carbons (Fsp3) is 0.125. The molecule has 10 heteroatoms. The molecule has 0 aliphatic heterocycles. The maximum Gasteiger partial charge on any atom is 0.329 e. The van der Waals surface area contributed by atoms with Gasteiger partial charge in [-0.15, -0.1) is 0 Å². The monoisotopic (exact) mass is 487 g/mol. The van der Waals surface area contributed by atoms with Crippen LogP contribution in [0.15, 0.2) is 65.8 Å². The van der Waals surface area contributed by atoms with Gasteiger partial charge in [0.05, 0.1) is 17.8 Å². The normalized spacial score (nSPS) is 11.0. The van der Waals surface area contributed by atoms with Crippen molar-refractivity contribution < 1.29 is 27.8 Å². The van der Waals surface area contributed by atoms with E-state index in [9.17, 15) is 18.4 Å². The summed E-state index contributed by atoms with van der Waals surface area (Å²) in [7, 11) is 1.48. The zero-order valence-electron chi connectivity index (χ0n) is 18.2. The van der Waals surface area contributed by atoms with Crippen LogP contribution in [0, 0.1) is 11.6 Å². The Hall–Kier alpha value is -3.98. The number of halogens is 3. The van der Waals surface area contributed by atoms with Gasteiger partial charge in [-0.2, -0.15) is 5.10 Å². The second kappa shape index (κ2) is 11.2. The van der Waals surface area contributed by atoms with Crippen molar-refractivity contribution in [3.63, 3.8) is 0 Å². The molecule has 0 fully saturated rings. The minimum atomic E-state index is -1.02. The summed E-state index contributed by atoms with van der Waals surface area (Å²) in [5.41, 5.74) is 4.11. The molecule has 0 aliphatic rings. The number of nitrogens with one attached hydrogen (secondary N) is 2.